The van der Waals surface area contributed by atoms with E-state index in [2.05, 4.69) is 46.0 Å². The van der Waals surface area contributed by atoms with E-state index in [0.717, 1.165) is 72.4 Å². The molecule has 0 aliphatic rings. The lowest BCUT2D eigenvalue weighted by Gasteiger charge is -2.21. The van der Waals surface area contributed by atoms with E-state index >= 15 is 0 Å². The Kier molecular flexibility index (Phi) is 8.62. The van der Waals surface area contributed by atoms with Crippen LogP contribution in [-0.4, -0.2) is 36.5 Å². The minimum Gasteiger partial charge on any atom is -0.294 e. The second-order valence-corrected chi connectivity index (χ2v) is 7.78. The van der Waals surface area contributed by atoms with Crippen molar-refractivity contribution >= 4 is 5.84 Å². The Morgan fingerprint density at radius 1 is 1.06 bits per heavy atom. The minimum absolute atomic E-state index is 0.532. The number of H-pyrrole nitrogens is 1. The number of hydrogen-bond acceptors (Lipinski definition) is 6. The van der Waals surface area contributed by atoms with Crippen LogP contribution in [0.3, 0.4) is 0 Å². The molecular weight excluding hydrogens is 400 g/mol. The number of aromatic nitrogens is 5. The van der Waals surface area contributed by atoms with Crippen LogP contribution in [0.4, 0.5) is 0 Å². The minimum atomic E-state index is 0.532. The lowest BCUT2D eigenvalue weighted by molar-refractivity contribution is 0.420. The van der Waals surface area contributed by atoms with Gasteiger partial charge in [0.15, 0.2) is 5.82 Å². The molecule has 0 unspecified atom stereocenters. The largest absolute Gasteiger partial charge is 0.294 e. The quantitative estimate of drug-likeness (QED) is 0.193. The number of benzene rings is 1. The maximum absolute atomic E-state index is 6.41. The van der Waals surface area contributed by atoms with Gasteiger partial charge in [-0.05, 0) is 41.3 Å². The number of unbranched alkanes of at least 4 members (excludes halogenated alkanes) is 2. The Hall–Kier alpha value is -3.39. The summed E-state index contributed by atoms with van der Waals surface area (Å²) < 4.78 is 0. The maximum atomic E-state index is 6.41. The number of nitrogens with zero attached hydrogens (tertiary/aromatic N) is 6. The van der Waals surface area contributed by atoms with Crippen LogP contribution in [0.2, 0.25) is 0 Å². The smallest absolute Gasteiger partial charge is 0.180 e. The fraction of sp³-hybridized carbons (Fsp3) is 0.375. The topological polar surface area (TPSA) is 109 Å². The van der Waals surface area contributed by atoms with Crippen LogP contribution >= 0.6 is 0 Å². The highest BCUT2D eigenvalue weighted by molar-refractivity contribution is 5.82. The van der Waals surface area contributed by atoms with Gasteiger partial charge in [-0.1, -0.05) is 63.6 Å². The first kappa shape index (κ1) is 23.3. The predicted octanol–water partition coefficient (Wildman–Crippen LogP) is 4.90. The highest BCUT2D eigenvalue weighted by atomic mass is 15.5. The normalized spacial score (nSPS) is 11.5. The van der Waals surface area contributed by atoms with Crippen molar-refractivity contribution in [2.24, 2.45) is 10.8 Å². The zero-order chi connectivity index (χ0) is 22.8. The van der Waals surface area contributed by atoms with Crippen LogP contribution in [0.25, 0.3) is 22.6 Å². The molecule has 0 saturated carbocycles. The number of hydrogen-bond donors (Lipinski definition) is 2. The van der Waals surface area contributed by atoms with Crippen molar-refractivity contribution in [3.8, 4) is 22.6 Å². The predicted molar refractivity (Wildman–Crippen MR) is 128 cm³/mol. The molecule has 0 fully saturated rings. The summed E-state index contributed by atoms with van der Waals surface area (Å²) in [4.78, 5) is 9.41. The lowest BCUT2D eigenvalue weighted by atomic mass is 10.0. The molecule has 3 N–H and O–H groups in total. The molecule has 8 heteroatoms. The molecule has 0 bridgehead atoms. The van der Waals surface area contributed by atoms with E-state index in [1.165, 1.54) is 0 Å². The summed E-state index contributed by atoms with van der Waals surface area (Å²) in [6, 6.07) is 11.9. The molecule has 3 rings (SSSR count). The van der Waals surface area contributed by atoms with Crippen LogP contribution in [0.15, 0.2) is 59.9 Å². The van der Waals surface area contributed by atoms with E-state index in [0.29, 0.717) is 12.4 Å². The standard InChI is InChI=1S/C24H32N8/c1-4-6-10-18(3)27-23(13-7-5-2)32(25)17-19-14-15-22(26-16-19)20-11-8-9-12-21(20)24-28-30-31-29-24/h8-9,11-12,14-16H,3-7,10,13,17,25H2,1-2H3,(H,28,29,30,31)/b27-23-. The number of rotatable bonds is 11. The van der Waals surface area contributed by atoms with Crippen LogP contribution < -0.4 is 5.84 Å². The number of amidine groups is 1. The lowest BCUT2D eigenvalue weighted by Crippen LogP contribution is -2.37. The SMILES string of the molecule is C=C(CCCC)/N=C(/CCCC)N(N)Cc1ccc(-c2ccccc2-c2nnn[nH]2)nc1. The van der Waals surface area contributed by atoms with Gasteiger partial charge in [0.1, 0.15) is 5.84 Å². The first-order valence-electron chi connectivity index (χ1n) is 11.2. The van der Waals surface area contributed by atoms with E-state index in [-0.39, 0.29) is 0 Å². The zero-order valence-corrected chi connectivity index (χ0v) is 19.0. The van der Waals surface area contributed by atoms with Crippen molar-refractivity contribution in [3.05, 3.63) is 60.4 Å². The Morgan fingerprint density at radius 2 is 1.81 bits per heavy atom. The average molecular weight is 433 g/mol. The Labute approximate surface area is 189 Å². The van der Waals surface area contributed by atoms with Crippen molar-refractivity contribution in [1.29, 1.82) is 0 Å². The molecule has 1 aromatic carbocycles. The second-order valence-electron chi connectivity index (χ2n) is 7.78. The number of allylic oxidation sites excluding steroid dienone is 1. The number of tetrazole rings is 1. The van der Waals surface area contributed by atoms with Crippen LogP contribution in [0.5, 0.6) is 0 Å². The molecule has 8 nitrogen and oxygen atoms in total. The summed E-state index contributed by atoms with van der Waals surface area (Å²) in [5.41, 5.74) is 4.60. The summed E-state index contributed by atoms with van der Waals surface area (Å²) in [6.07, 6.45) is 7.93. The number of pyridine rings is 1. The number of hydrazine groups is 1. The molecule has 0 atom stereocenters. The second kappa shape index (κ2) is 11.9. The van der Waals surface area contributed by atoms with E-state index in [9.17, 15) is 0 Å². The van der Waals surface area contributed by atoms with Gasteiger partial charge >= 0.3 is 0 Å². The molecule has 0 saturated heterocycles. The molecule has 0 aliphatic heterocycles. The van der Waals surface area contributed by atoms with Crippen LogP contribution in [-0.2, 0) is 6.54 Å². The first-order valence-corrected chi connectivity index (χ1v) is 11.2. The van der Waals surface area contributed by atoms with Gasteiger partial charge in [0.2, 0.25) is 0 Å². The van der Waals surface area contributed by atoms with Gasteiger partial charge in [-0.25, -0.2) is 15.9 Å². The summed E-state index contributed by atoms with van der Waals surface area (Å²) in [6.45, 7) is 8.97. The fourth-order valence-corrected chi connectivity index (χ4v) is 3.37. The highest BCUT2D eigenvalue weighted by Crippen LogP contribution is 2.28. The first-order chi connectivity index (χ1) is 15.6. The van der Waals surface area contributed by atoms with Crippen LogP contribution in [0, 0.1) is 0 Å². The summed E-state index contributed by atoms with van der Waals surface area (Å²) >= 11 is 0. The van der Waals surface area contributed by atoms with Crippen molar-refractivity contribution in [3.63, 3.8) is 0 Å². The summed E-state index contributed by atoms with van der Waals surface area (Å²) in [5, 5.41) is 15.9. The third-order valence-corrected chi connectivity index (χ3v) is 5.17. The molecular formula is C24H32N8. The van der Waals surface area contributed by atoms with E-state index in [4.69, 9.17) is 10.8 Å². The summed E-state index contributed by atoms with van der Waals surface area (Å²) in [7, 11) is 0. The molecule has 0 spiro atoms. The van der Waals surface area contributed by atoms with Crippen molar-refractivity contribution in [2.75, 3.05) is 0 Å². The Bertz CT molecular complexity index is 1010. The molecule has 168 valence electrons. The van der Waals surface area contributed by atoms with E-state index < -0.39 is 0 Å². The van der Waals surface area contributed by atoms with Crippen molar-refractivity contribution < 1.29 is 0 Å². The Balaban J connectivity index is 1.74. The molecule has 2 heterocycles. The molecule has 32 heavy (non-hydrogen) atoms. The van der Waals surface area contributed by atoms with Crippen molar-refractivity contribution in [2.45, 2.75) is 58.9 Å². The van der Waals surface area contributed by atoms with Crippen LogP contribution in [0.1, 0.15) is 57.9 Å². The molecule has 0 amide bonds. The maximum Gasteiger partial charge on any atom is 0.180 e. The fourth-order valence-electron chi connectivity index (χ4n) is 3.37. The van der Waals surface area contributed by atoms with Gasteiger partial charge in [0.25, 0.3) is 0 Å². The van der Waals surface area contributed by atoms with E-state index in [1.807, 2.05) is 42.6 Å². The van der Waals surface area contributed by atoms with E-state index in [1.54, 1.807) is 5.01 Å². The van der Waals surface area contributed by atoms with Gasteiger partial charge in [-0.2, -0.15) is 0 Å². The van der Waals surface area contributed by atoms with Gasteiger partial charge in [0.05, 0.1) is 12.2 Å². The van der Waals surface area contributed by atoms with Crippen molar-refractivity contribution in [1.82, 2.24) is 30.6 Å². The number of nitrogens with two attached hydrogens (primary N) is 1. The molecule has 0 aliphatic carbocycles. The van der Waals surface area contributed by atoms with Gasteiger partial charge < -0.3 is 0 Å². The highest BCUT2D eigenvalue weighted by Gasteiger charge is 2.12. The van der Waals surface area contributed by atoms with Gasteiger partial charge in [0, 0.05) is 29.4 Å². The molecule has 3 aromatic rings. The zero-order valence-electron chi connectivity index (χ0n) is 19.0. The molecule has 2 aromatic heterocycles. The monoisotopic (exact) mass is 432 g/mol. The number of aliphatic imine (C=N–C) groups is 1. The third-order valence-electron chi connectivity index (χ3n) is 5.17. The number of nitrogens with one attached hydrogen (secondary N) is 1. The third kappa shape index (κ3) is 6.31. The summed E-state index contributed by atoms with van der Waals surface area (Å²) in [5.74, 6) is 7.90. The number of aromatic amines is 1. The van der Waals surface area contributed by atoms with Gasteiger partial charge in [-0.15, -0.1) is 5.10 Å². The average Bonchev–Trinajstić information content (AvgIpc) is 3.36. The molecule has 0 radical (unpaired) electrons. The van der Waals surface area contributed by atoms with Gasteiger partial charge in [-0.3, -0.25) is 9.99 Å². The Morgan fingerprint density at radius 3 is 2.47 bits per heavy atom.